The summed E-state index contributed by atoms with van der Waals surface area (Å²) in [7, 11) is 0. The topological polar surface area (TPSA) is 0 Å². The standard InChI is InChI=1S/C11H20/c1-4-6-7-8-9-10-11(3)5-2/h9H,4-8H2,1-3H3. The van der Waals surface area contributed by atoms with Gasteiger partial charge in [-0.2, -0.15) is 0 Å². The summed E-state index contributed by atoms with van der Waals surface area (Å²) < 4.78 is 0. The Morgan fingerprint density at radius 3 is 2.55 bits per heavy atom. The first-order chi connectivity index (χ1) is 5.31. The van der Waals surface area contributed by atoms with Crippen molar-refractivity contribution in [2.75, 3.05) is 0 Å². The average molecular weight is 152 g/mol. The van der Waals surface area contributed by atoms with Crippen molar-refractivity contribution >= 4 is 0 Å². The van der Waals surface area contributed by atoms with Gasteiger partial charge in [0.25, 0.3) is 0 Å². The Morgan fingerprint density at radius 1 is 1.27 bits per heavy atom. The zero-order valence-electron chi connectivity index (χ0n) is 8.11. The van der Waals surface area contributed by atoms with E-state index in [9.17, 15) is 0 Å². The first kappa shape index (κ1) is 10.5. The molecule has 0 saturated heterocycles. The lowest BCUT2D eigenvalue weighted by Crippen LogP contribution is -1.70. The Morgan fingerprint density at radius 2 is 2.00 bits per heavy atom. The van der Waals surface area contributed by atoms with E-state index in [2.05, 4.69) is 32.6 Å². The van der Waals surface area contributed by atoms with Gasteiger partial charge in [0.1, 0.15) is 0 Å². The molecule has 0 radical (unpaired) electrons. The van der Waals surface area contributed by atoms with E-state index < -0.39 is 0 Å². The van der Waals surface area contributed by atoms with Crippen LogP contribution in [0.1, 0.15) is 52.9 Å². The largest absolute Gasteiger partial charge is 0.126 e. The van der Waals surface area contributed by atoms with Gasteiger partial charge in [-0.05, 0) is 37.8 Å². The van der Waals surface area contributed by atoms with Gasteiger partial charge in [-0.3, -0.25) is 0 Å². The van der Waals surface area contributed by atoms with E-state index in [1.807, 2.05) is 0 Å². The predicted octanol–water partition coefficient (Wildman–Crippen LogP) is 4.08. The molecule has 0 aromatic heterocycles. The summed E-state index contributed by atoms with van der Waals surface area (Å²) in [5.41, 5.74) is 4.65. The Hall–Kier alpha value is -0.480. The van der Waals surface area contributed by atoms with Gasteiger partial charge in [0.2, 0.25) is 0 Å². The van der Waals surface area contributed by atoms with E-state index in [1.54, 1.807) is 0 Å². The van der Waals surface area contributed by atoms with Crippen LogP contribution < -0.4 is 0 Å². The lowest BCUT2D eigenvalue weighted by atomic mass is 10.2. The van der Waals surface area contributed by atoms with Gasteiger partial charge in [-0.1, -0.05) is 26.7 Å². The highest BCUT2D eigenvalue weighted by molar-refractivity contribution is 4.96. The van der Waals surface area contributed by atoms with Crippen LogP contribution >= 0.6 is 0 Å². The first-order valence-corrected chi connectivity index (χ1v) is 4.71. The highest BCUT2D eigenvalue weighted by atomic mass is 13.9. The lowest BCUT2D eigenvalue weighted by molar-refractivity contribution is 0.729. The predicted molar refractivity (Wildman–Crippen MR) is 51.7 cm³/mol. The first-order valence-electron chi connectivity index (χ1n) is 4.71. The van der Waals surface area contributed by atoms with Crippen LogP contribution in [0.25, 0.3) is 0 Å². The third kappa shape index (κ3) is 7.42. The minimum Gasteiger partial charge on any atom is -0.126 e. The molecule has 0 aromatic rings. The Balaban J connectivity index is 3.43. The molecule has 0 saturated carbocycles. The molecule has 0 aliphatic rings. The maximum atomic E-state index is 3.28. The van der Waals surface area contributed by atoms with Gasteiger partial charge in [0, 0.05) is 0 Å². The van der Waals surface area contributed by atoms with Crippen LogP contribution in [0.2, 0.25) is 0 Å². The number of rotatable bonds is 5. The molecule has 0 aliphatic carbocycles. The number of allylic oxidation sites excluding steroid dienone is 1. The molecule has 0 aromatic carbocycles. The molecule has 0 fully saturated rings. The second kappa shape index (κ2) is 7.63. The summed E-state index contributed by atoms with van der Waals surface area (Å²) in [4.78, 5) is 0. The van der Waals surface area contributed by atoms with Gasteiger partial charge < -0.3 is 0 Å². The van der Waals surface area contributed by atoms with Crippen molar-refractivity contribution in [3.63, 3.8) is 0 Å². The lowest BCUT2D eigenvalue weighted by Gasteiger charge is -1.90. The Bertz CT molecular complexity index is 136. The van der Waals surface area contributed by atoms with E-state index >= 15 is 0 Å². The number of hydrogen-bond acceptors (Lipinski definition) is 0. The normalized spacial score (nSPS) is 9.00. The molecule has 0 unspecified atom stereocenters. The van der Waals surface area contributed by atoms with Gasteiger partial charge in [-0.15, -0.1) is 5.73 Å². The van der Waals surface area contributed by atoms with Gasteiger partial charge in [0.15, 0.2) is 0 Å². The van der Waals surface area contributed by atoms with E-state index in [1.165, 1.54) is 31.3 Å². The fourth-order valence-electron chi connectivity index (χ4n) is 0.845. The molecule has 11 heavy (non-hydrogen) atoms. The summed E-state index contributed by atoms with van der Waals surface area (Å²) >= 11 is 0. The summed E-state index contributed by atoms with van der Waals surface area (Å²) in [5, 5.41) is 0. The summed E-state index contributed by atoms with van der Waals surface area (Å²) in [6.45, 7) is 6.54. The summed E-state index contributed by atoms with van der Waals surface area (Å²) in [5.74, 6) is 0. The van der Waals surface area contributed by atoms with E-state index in [0.29, 0.717) is 0 Å². The molecule has 0 nitrogen and oxygen atoms in total. The minimum absolute atomic E-state index is 1.13. The molecule has 0 aliphatic heterocycles. The second-order valence-electron chi connectivity index (χ2n) is 2.98. The molecule has 0 amide bonds. The third-order valence-corrected chi connectivity index (χ3v) is 1.83. The average Bonchev–Trinajstić information content (AvgIpc) is 2.04. The van der Waals surface area contributed by atoms with Crippen LogP contribution in [-0.4, -0.2) is 0 Å². The van der Waals surface area contributed by atoms with Crippen LogP contribution in [0, 0.1) is 0 Å². The van der Waals surface area contributed by atoms with Crippen LogP contribution in [0.5, 0.6) is 0 Å². The van der Waals surface area contributed by atoms with Gasteiger partial charge in [-0.25, -0.2) is 0 Å². The van der Waals surface area contributed by atoms with E-state index in [4.69, 9.17) is 0 Å². The Kier molecular flexibility index (Phi) is 7.29. The highest BCUT2D eigenvalue weighted by Crippen LogP contribution is 2.00. The monoisotopic (exact) mass is 152 g/mol. The van der Waals surface area contributed by atoms with Crippen LogP contribution in [0.15, 0.2) is 17.4 Å². The molecule has 0 rings (SSSR count). The van der Waals surface area contributed by atoms with E-state index in [0.717, 1.165) is 6.42 Å². The number of unbranched alkanes of at least 4 members (excludes halogenated alkanes) is 3. The molecular weight excluding hydrogens is 132 g/mol. The Labute approximate surface area is 71.0 Å². The fraction of sp³-hybridized carbons (Fsp3) is 0.727. The molecule has 0 bridgehead atoms. The van der Waals surface area contributed by atoms with Gasteiger partial charge in [0.05, 0.1) is 0 Å². The third-order valence-electron chi connectivity index (χ3n) is 1.83. The van der Waals surface area contributed by atoms with Crippen molar-refractivity contribution in [3.8, 4) is 0 Å². The molecule has 64 valence electrons. The zero-order valence-corrected chi connectivity index (χ0v) is 8.11. The molecular formula is C11H20. The molecule has 0 heterocycles. The van der Waals surface area contributed by atoms with Gasteiger partial charge >= 0.3 is 0 Å². The van der Waals surface area contributed by atoms with Crippen molar-refractivity contribution in [1.82, 2.24) is 0 Å². The summed E-state index contributed by atoms with van der Waals surface area (Å²) in [6, 6.07) is 0. The summed E-state index contributed by atoms with van der Waals surface area (Å²) in [6.07, 6.45) is 8.48. The maximum Gasteiger partial charge on any atom is -0.0274 e. The van der Waals surface area contributed by atoms with Crippen LogP contribution in [-0.2, 0) is 0 Å². The zero-order chi connectivity index (χ0) is 8.53. The minimum atomic E-state index is 1.13. The quantitative estimate of drug-likeness (QED) is 0.411. The van der Waals surface area contributed by atoms with E-state index in [-0.39, 0.29) is 0 Å². The van der Waals surface area contributed by atoms with Crippen LogP contribution in [0.3, 0.4) is 0 Å². The highest BCUT2D eigenvalue weighted by Gasteiger charge is 1.81. The van der Waals surface area contributed by atoms with Crippen molar-refractivity contribution in [3.05, 3.63) is 17.4 Å². The maximum absolute atomic E-state index is 3.28. The van der Waals surface area contributed by atoms with Crippen molar-refractivity contribution in [2.24, 2.45) is 0 Å². The smallest absolute Gasteiger partial charge is 0.0274 e. The van der Waals surface area contributed by atoms with Crippen molar-refractivity contribution in [1.29, 1.82) is 0 Å². The van der Waals surface area contributed by atoms with Crippen molar-refractivity contribution < 1.29 is 0 Å². The fourth-order valence-corrected chi connectivity index (χ4v) is 0.845. The SMILES string of the molecule is CCCCCC=C=C(C)CC. The molecule has 0 spiro atoms. The van der Waals surface area contributed by atoms with Crippen LogP contribution in [0.4, 0.5) is 0 Å². The molecule has 0 heteroatoms. The molecule has 0 atom stereocenters. The molecule has 0 N–H and O–H groups in total. The van der Waals surface area contributed by atoms with Crippen molar-refractivity contribution in [2.45, 2.75) is 52.9 Å². The second-order valence-corrected chi connectivity index (χ2v) is 2.98. The number of hydrogen-bond donors (Lipinski definition) is 0.